The Balaban J connectivity index is 1.47. The van der Waals surface area contributed by atoms with E-state index in [-0.39, 0.29) is 18.2 Å². The third-order valence-corrected chi connectivity index (χ3v) is 7.87. The zero-order chi connectivity index (χ0) is 21.7. The van der Waals surface area contributed by atoms with Gasteiger partial charge in [-0.05, 0) is 88.4 Å². The normalized spacial score (nSPS) is 31.4. The lowest BCUT2D eigenvalue weighted by Gasteiger charge is -2.42. The summed E-state index contributed by atoms with van der Waals surface area (Å²) >= 11 is 0. The minimum absolute atomic E-state index is 0.0609. The van der Waals surface area contributed by atoms with Gasteiger partial charge in [-0.2, -0.15) is 0 Å². The number of para-hydroxylation sites is 1. The molecule has 0 spiro atoms. The molecule has 2 fully saturated rings. The highest BCUT2D eigenvalue weighted by Gasteiger charge is 2.34. The number of benzene rings is 1. The SMILES string of the molecule is CS(=O)(=O)N[C@H]1CCCN2CCCCCOc3ccccc3C3CCC(CC3)OC[C@@H]12. The third kappa shape index (κ3) is 6.44. The fourth-order valence-corrected chi connectivity index (χ4v) is 6.36. The minimum Gasteiger partial charge on any atom is -0.493 e. The number of nitrogens with zero attached hydrogens (tertiary/aromatic N) is 1. The average Bonchev–Trinajstić information content (AvgIpc) is 2.74. The molecule has 0 amide bonds. The second-order valence-corrected chi connectivity index (χ2v) is 11.3. The van der Waals surface area contributed by atoms with E-state index in [1.165, 1.54) is 11.8 Å². The van der Waals surface area contributed by atoms with Crippen LogP contribution in [0, 0.1) is 0 Å². The summed E-state index contributed by atoms with van der Waals surface area (Å²) in [6.45, 7) is 3.38. The van der Waals surface area contributed by atoms with Crippen LogP contribution in [0.3, 0.4) is 0 Å². The molecule has 2 atom stereocenters. The van der Waals surface area contributed by atoms with Crippen molar-refractivity contribution in [2.45, 2.75) is 81.9 Å². The standard InChI is InChI=1S/C24H38N2O4S/c1-31(27,28)25-22-9-7-16-26-15-5-2-6-17-29-24-10-4-3-8-21(24)19-11-13-20(14-12-19)30-18-23(22)26/h3-4,8,10,19-20,22-23,25H,2,5-7,9,11-18H2,1H3/t19?,20?,22-,23-/m0/s1. The molecule has 31 heavy (non-hydrogen) atoms. The molecule has 3 aliphatic heterocycles. The largest absolute Gasteiger partial charge is 0.493 e. The van der Waals surface area contributed by atoms with Crippen LogP contribution in [0.25, 0.3) is 0 Å². The molecule has 1 aromatic rings. The predicted molar refractivity (Wildman–Crippen MR) is 123 cm³/mol. The summed E-state index contributed by atoms with van der Waals surface area (Å²) in [5.74, 6) is 1.60. The van der Waals surface area contributed by atoms with Crippen LogP contribution in [0.2, 0.25) is 0 Å². The van der Waals surface area contributed by atoms with Crippen LogP contribution in [-0.2, 0) is 14.8 Å². The Kier molecular flexibility index (Phi) is 7.91. The van der Waals surface area contributed by atoms with E-state index in [1.807, 2.05) is 0 Å². The third-order valence-electron chi connectivity index (χ3n) is 7.14. The number of nitrogens with one attached hydrogen (secondary N) is 1. The zero-order valence-corrected chi connectivity index (χ0v) is 19.6. The fraction of sp³-hybridized carbons (Fsp3) is 0.750. The van der Waals surface area contributed by atoms with Crippen molar-refractivity contribution in [3.05, 3.63) is 29.8 Å². The number of fused-ring (bicyclic) bond motifs is 8. The van der Waals surface area contributed by atoms with Crippen LogP contribution in [-0.4, -0.2) is 64.1 Å². The van der Waals surface area contributed by atoms with E-state index >= 15 is 0 Å². The molecular formula is C24H38N2O4S. The van der Waals surface area contributed by atoms with E-state index in [1.54, 1.807) is 0 Å². The van der Waals surface area contributed by atoms with Crippen LogP contribution in [0.4, 0.5) is 0 Å². The van der Waals surface area contributed by atoms with E-state index in [0.29, 0.717) is 12.5 Å². The first-order valence-electron chi connectivity index (χ1n) is 12.0. The Labute approximate surface area is 187 Å². The van der Waals surface area contributed by atoms with Gasteiger partial charge in [-0.25, -0.2) is 13.1 Å². The summed E-state index contributed by atoms with van der Waals surface area (Å²) in [4.78, 5) is 2.46. The first kappa shape index (κ1) is 23.0. The van der Waals surface area contributed by atoms with Gasteiger partial charge >= 0.3 is 0 Å². The maximum atomic E-state index is 11.9. The summed E-state index contributed by atoms with van der Waals surface area (Å²) in [5.41, 5.74) is 1.35. The van der Waals surface area contributed by atoms with Crippen molar-refractivity contribution in [3.8, 4) is 5.75 Å². The quantitative estimate of drug-likeness (QED) is 0.745. The summed E-state index contributed by atoms with van der Waals surface area (Å²) in [6.07, 6.45) is 11.0. The topological polar surface area (TPSA) is 67.9 Å². The molecule has 6 nitrogen and oxygen atoms in total. The molecule has 4 aliphatic rings. The van der Waals surface area contributed by atoms with Crippen LogP contribution >= 0.6 is 0 Å². The lowest BCUT2D eigenvalue weighted by Crippen LogP contribution is -2.57. The van der Waals surface area contributed by atoms with Gasteiger partial charge in [0.15, 0.2) is 0 Å². The molecule has 2 bridgehead atoms. The van der Waals surface area contributed by atoms with E-state index < -0.39 is 10.0 Å². The molecular weight excluding hydrogens is 412 g/mol. The molecule has 1 saturated heterocycles. The number of ether oxygens (including phenoxy) is 2. The van der Waals surface area contributed by atoms with Crippen molar-refractivity contribution in [1.82, 2.24) is 9.62 Å². The van der Waals surface area contributed by atoms with Gasteiger partial charge in [-0.3, -0.25) is 4.90 Å². The Morgan fingerprint density at radius 1 is 0.968 bits per heavy atom. The van der Waals surface area contributed by atoms with Gasteiger partial charge in [0, 0.05) is 12.1 Å². The van der Waals surface area contributed by atoms with E-state index in [4.69, 9.17) is 9.47 Å². The second-order valence-electron chi connectivity index (χ2n) is 9.50. The second kappa shape index (κ2) is 10.6. The van der Waals surface area contributed by atoms with Crippen molar-refractivity contribution < 1.29 is 17.9 Å². The maximum Gasteiger partial charge on any atom is 0.209 e. The Morgan fingerprint density at radius 2 is 1.74 bits per heavy atom. The summed E-state index contributed by atoms with van der Waals surface area (Å²) in [5, 5.41) is 0. The zero-order valence-electron chi connectivity index (χ0n) is 18.8. The van der Waals surface area contributed by atoms with Crippen LogP contribution in [0.5, 0.6) is 5.75 Å². The van der Waals surface area contributed by atoms with Gasteiger partial charge in [0.05, 0.1) is 25.6 Å². The van der Waals surface area contributed by atoms with E-state index in [9.17, 15) is 8.42 Å². The molecule has 1 N–H and O–H groups in total. The van der Waals surface area contributed by atoms with Gasteiger partial charge in [0.1, 0.15) is 5.75 Å². The Bertz CT molecular complexity index is 808. The lowest BCUT2D eigenvalue weighted by atomic mass is 9.82. The fourth-order valence-electron chi connectivity index (χ4n) is 5.54. The molecule has 0 aromatic heterocycles. The molecule has 0 unspecified atom stereocenters. The summed E-state index contributed by atoms with van der Waals surface area (Å²) in [6, 6.07) is 8.60. The molecule has 174 valence electrons. The van der Waals surface area contributed by atoms with Crippen LogP contribution in [0.1, 0.15) is 69.3 Å². The molecule has 1 aromatic carbocycles. The van der Waals surface area contributed by atoms with E-state index in [2.05, 4.69) is 33.9 Å². The number of hydrogen-bond acceptors (Lipinski definition) is 5. The first-order valence-corrected chi connectivity index (χ1v) is 13.9. The van der Waals surface area contributed by atoms with Crippen LogP contribution < -0.4 is 9.46 Å². The van der Waals surface area contributed by atoms with Gasteiger partial charge in [0.25, 0.3) is 0 Å². The molecule has 0 radical (unpaired) electrons. The Hall–Kier alpha value is -1.15. The highest BCUT2D eigenvalue weighted by atomic mass is 32.2. The van der Waals surface area contributed by atoms with Crippen molar-refractivity contribution in [2.75, 3.05) is 32.6 Å². The number of sulfonamides is 1. The van der Waals surface area contributed by atoms with Gasteiger partial charge in [-0.15, -0.1) is 0 Å². The highest BCUT2D eigenvalue weighted by Crippen LogP contribution is 2.38. The molecule has 1 saturated carbocycles. The van der Waals surface area contributed by atoms with Crippen molar-refractivity contribution in [3.63, 3.8) is 0 Å². The smallest absolute Gasteiger partial charge is 0.209 e. The van der Waals surface area contributed by atoms with Crippen molar-refractivity contribution in [1.29, 1.82) is 0 Å². The van der Waals surface area contributed by atoms with Gasteiger partial charge in [-0.1, -0.05) is 18.2 Å². The van der Waals surface area contributed by atoms with E-state index in [0.717, 1.165) is 83.2 Å². The number of rotatable bonds is 2. The monoisotopic (exact) mass is 450 g/mol. The number of piperidine rings is 1. The maximum absolute atomic E-state index is 11.9. The van der Waals surface area contributed by atoms with Crippen molar-refractivity contribution in [2.24, 2.45) is 0 Å². The molecule has 1 aliphatic carbocycles. The van der Waals surface area contributed by atoms with Gasteiger partial charge < -0.3 is 9.47 Å². The predicted octanol–water partition coefficient (Wildman–Crippen LogP) is 3.67. The highest BCUT2D eigenvalue weighted by molar-refractivity contribution is 7.88. The van der Waals surface area contributed by atoms with Crippen LogP contribution in [0.15, 0.2) is 24.3 Å². The molecule has 3 heterocycles. The van der Waals surface area contributed by atoms with Gasteiger partial charge in [0.2, 0.25) is 10.0 Å². The summed E-state index contributed by atoms with van der Waals surface area (Å²) in [7, 11) is -3.23. The number of hydrogen-bond donors (Lipinski definition) is 1. The minimum atomic E-state index is -3.23. The Morgan fingerprint density at radius 3 is 2.55 bits per heavy atom. The average molecular weight is 451 g/mol. The van der Waals surface area contributed by atoms with Crippen molar-refractivity contribution >= 4 is 10.0 Å². The summed E-state index contributed by atoms with van der Waals surface area (Å²) < 4.78 is 39.4. The molecule has 7 heteroatoms. The lowest BCUT2D eigenvalue weighted by molar-refractivity contribution is -0.0279. The molecule has 5 rings (SSSR count). The first-order chi connectivity index (χ1) is 15.0.